The molecule has 4 N–H and O–H groups in total. The number of nitrogens with zero attached hydrogens (tertiary/aromatic N) is 4. The number of nitrogens with one attached hydrogen (secondary N) is 4. The van der Waals surface area contributed by atoms with Crippen molar-refractivity contribution in [2.24, 2.45) is 0 Å². The molecule has 0 spiro atoms. The summed E-state index contributed by atoms with van der Waals surface area (Å²) in [6.07, 6.45) is 13.2. The van der Waals surface area contributed by atoms with E-state index in [0.717, 1.165) is 60.6 Å². The van der Waals surface area contributed by atoms with Crippen LogP contribution in [0.4, 0.5) is 23.1 Å². The van der Waals surface area contributed by atoms with Gasteiger partial charge in [-0.25, -0.2) is 9.97 Å². The first kappa shape index (κ1) is 27.4. The molecular formula is C33H34N8O. The fourth-order valence-corrected chi connectivity index (χ4v) is 5.32. The van der Waals surface area contributed by atoms with Gasteiger partial charge in [0.2, 0.25) is 11.9 Å². The lowest BCUT2D eigenvalue weighted by Crippen LogP contribution is -2.35. The highest BCUT2D eigenvalue weighted by molar-refractivity contribution is 5.95. The Morgan fingerprint density at radius 2 is 1.74 bits per heavy atom. The topological polar surface area (TPSA) is 117 Å². The number of anilines is 4. The third-order valence-corrected chi connectivity index (χ3v) is 7.56. The molecule has 1 aromatic carbocycles. The number of rotatable bonds is 7. The molecule has 3 aromatic heterocycles. The summed E-state index contributed by atoms with van der Waals surface area (Å²) < 4.78 is 0. The van der Waals surface area contributed by atoms with E-state index in [-0.39, 0.29) is 11.9 Å². The average molecular weight is 559 g/mol. The van der Waals surface area contributed by atoms with E-state index < -0.39 is 0 Å². The second-order valence-electron chi connectivity index (χ2n) is 10.7. The minimum atomic E-state index is -0.135. The lowest BCUT2D eigenvalue weighted by atomic mass is 9.95. The summed E-state index contributed by atoms with van der Waals surface area (Å²) in [5.74, 6) is 7.54. The molecule has 9 nitrogen and oxygen atoms in total. The highest BCUT2D eigenvalue weighted by Gasteiger charge is 2.22. The van der Waals surface area contributed by atoms with Crippen LogP contribution >= 0.6 is 0 Å². The molecule has 4 heterocycles. The molecule has 1 saturated heterocycles. The van der Waals surface area contributed by atoms with Gasteiger partial charge in [0.15, 0.2) is 0 Å². The zero-order valence-corrected chi connectivity index (χ0v) is 23.4. The van der Waals surface area contributed by atoms with Gasteiger partial charge in [-0.1, -0.05) is 31.2 Å². The smallest absolute Gasteiger partial charge is 0.241 e. The number of hydrogen-bond acceptors (Lipinski definition) is 8. The zero-order valence-electron chi connectivity index (χ0n) is 23.4. The SMILES string of the molecule is O=C(Nc1ccnc(C#Cc2ccc(Nc3ncc(-c4ccccn4)c(NC4CCCCC4)n3)cc2)c1)[C@@H]1CCCN1. The summed E-state index contributed by atoms with van der Waals surface area (Å²) >= 11 is 0. The van der Waals surface area contributed by atoms with Gasteiger partial charge >= 0.3 is 0 Å². The Morgan fingerprint density at radius 1 is 0.857 bits per heavy atom. The van der Waals surface area contributed by atoms with E-state index >= 15 is 0 Å². The number of benzene rings is 1. The molecule has 42 heavy (non-hydrogen) atoms. The fourth-order valence-electron chi connectivity index (χ4n) is 5.32. The Kier molecular flexibility index (Phi) is 8.62. The quantitative estimate of drug-likeness (QED) is 0.219. The van der Waals surface area contributed by atoms with E-state index in [0.29, 0.717) is 23.4 Å². The fraction of sp³-hybridized carbons (Fsp3) is 0.303. The van der Waals surface area contributed by atoms with Crippen molar-refractivity contribution in [2.45, 2.75) is 57.0 Å². The molecule has 2 aliphatic rings. The van der Waals surface area contributed by atoms with Crippen LogP contribution in [0.15, 0.2) is 73.2 Å². The number of pyridine rings is 2. The van der Waals surface area contributed by atoms with Gasteiger partial charge in [-0.05, 0) is 86.7 Å². The van der Waals surface area contributed by atoms with E-state index in [1.807, 2.05) is 48.7 Å². The van der Waals surface area contributed by atoms with Gasteiger partial charge in [0, 0.05) is 41.6 Å². The van der Waals surface area contributed by atoms with Crippen LogP contribution in [0.3, 0.4) is 0 Å². The molecule has 4 aromatic rings. The van der Waals surface area contributed by atoms with Crippen molar-refractivity contribution in [1.82, 2.24) is 25.3 Å². The number of amides is 1. The van der Waals surface area contributed by atoms with Crippen molar-refractivity contribution in [1.29, 1.82) is 0 Å². The molecule has 1 aliphatic heterocycles. The standard InChI is InChI=1S/C33H34N8O/c42-32(30-10-6-19-36-30)39-27-17-20-34-26(21-27)16-13-23-11-14-25(15-12-23)40-33-37-22-28(29-9-4-5-18-35-29)31(41-33)38-24-7-2-1-3-8-24/h4-5,9,11-12,14-15,17-18,20-22,24,30,36H,1-3,6-8,10,19H2,(H,34,39,42)(H2,37,38,40,41)/t30-/m0/s1. The highest BCUT2D eigenvalue weighted by Crippen LogP contribution is 2.29. The van der Waals surface area contributed by atoms with Crippen LogP contribution in [0.25, 0.3) is 11.3 Å². The van der Waals surface area contributed by atoms with Crippen molar-refractivity contribution in [2.75, 3.05) is 22.5 Å². The van der Waals surface area contributed by atoms with Crippen molar-refractivity contribution >= 4 is 29.0 Å². The molecule has 0 radical (unpaired) electrons. The van der Waals surface area contributed by atoms with Gasteiger partial charge in [0.25, 0.3) is 0 Å². The Labute approximate surface area is 246 Å². The summed E-state index contributed by atoms with van der Waals surface area (Å²) in [5, 5.41) is 13.2. The van der Waals surface area contributed by atoms with Gasteiger partial charge in [-0.2, -0.15) is 4.98 Å². The maximum absolute atomic E-state index is 12.4. The molecule has 1 atom stereocenters. The Balaban J connectivity index is 1.13. The average Bonchev–Trinajstić information content (AvgIpc) is 3.58. The molecule has 0 unspecified atom stereocenters. The Morgan fingerprint density at radius 3 is 2.52 bits per heavy atom. The van der Waals surface area contributed by atoms with E-state index in [2.05, 4.69) is 48.1 Å². The molecule has 212 valence electrons. The Hall–Kier alpha value is -4.81. The normalized spacial score (nSPS) is 16.7. The lowest BCUT2D eigenvalue weighted by molar-refractivity contribution is -0.117. The van der Waals surface area contributed by atoms with E-state index in [4.69, 9.17) is 4.98 Å². The predicted molar refractivity (Wildman–Crippen MR) is 165 cm³/mol. The maximum atomic E-state index is 12.4. The van der Waals surface area contributed by atoms with Crippen LogP contribution in [-0.4, -0.2) is 44.5 Å². The first-order chi connectivity index (χ1) is 20.7. The first-order valence-electron chi connectivity index (χ1n) is 14.6. The molecule has 1 aliphatic carbocycles. The molecular weight excluding hydrogens is 524 g/mol. The van der Waals surface area contributed by atoms with E-state index in [9.17, 15) is 4.79 Å². The summed E-state index contributed by atoms with van der Waals surface area (Å²) in [6.45, 7) is 0.878. The van der Waals surface area contributed by atoms with Crippen molar-refractivity contribution in [3.63, 3.8) is 0 Å². The van der Waals surface area contributed by atoms with Crippen molar-refractivity contribution in [3.05, 3.63) is 84.4 Å². The highest BCUT2D eigenvalue weighted by atomic mass is 16.2. The van der Waals surface area contributed by atoms with Crippen molar-refractivity contribution in [3.8, 4) is 23.1 Å². The van der Waals surface area contributed by atoms with Crippen molar-refractivity contribution < 1.29 is 4.79 Å². The Bertz CT molecular complexity index is 1570. The minimum absolute atomic E-state index is 0.0204. The summed E-state index contributed by atoms with van der Waals surface area (Å²) in [4.78, 5) is 30.7. The predicted octanol–water partition coefficient (Wildman–Crippen LogP) is 5.51. The maximum Gasteiger partial charge on any atom is 0.241 e. The van der Waals surface area contributed by atoms with E-state index in [1.54, 1.807) is 24.5 Å². The molecule has 0 bridgehead atoms. The second-order valence-corrected chi connectivity index (χ2v) is 10.7. The van der Waals surface area contributed by atoms with Gasteiger partial charge in [-0.3, -0.25) is 9.78 Å². The first-order valence-corrected chi connectivity index (χ1v) is 14.6. The third-order valence-electron chi connectivity index (χ3n) is 7.56. The summed E-state index contributed by atoms with van der Waals surface area (Å²) in [5.41, 5.74) is 4.73. The monoisotopic (exact) mass is 558 g/mol. The molecule has 2 fully saturated rings. The number of carbonyl (C=O) groups is 1. The molecule has 6 rings (SSSR count). The van der Waals surface area contributed by atoms with Gasteiger partial charge in [0.1, 0.15) is 11.5 Å². The molecule has 9 heteroatoms. The zero-order chi connectivity index (χ0) is 28.6. The van der Waals surface area contributed by atoms with Crippen LogP contribution in [0, 0.1) is 11.8 Å². The summed E-state index contributed by atoms with van der Waals surface area (Å²) in [6, 6.07) is 17.5. The van der Waals surface area contributed by atoms with Gasteiger partial charge in [-0.15, -0.1) is 0 Å². The van der Waals surface area contributed by atoms with Crippen LogP contribution in [-0.2, 0) is 4.79 Å². The number of carbonyl (C=O) groups excluding carboxylic acids is 1. The minimum Gasteiger partial charge on any atom is -0.367 e. The van der Waals surface area contributed by atoms with Crippen LogP contribution in [0.1, 0.15) is 56.2 Å². The third kappa shape index (κ3) is 7.09. The summed E-state index contributed by atoms with van der Waals surface area (Å²) in [7, 11) is 0. The molecule has 1 amide bonds. The van der Waals surface area contributed by atoms with Crippen LogP contribution < -0.4 is 21.3 Å². The second kappa shape index (κ2) is 13.2. The van der Waals surface area contributed by atoms with Crippen LogP contribution in [0.5, 0.6) is 0 Å². The lowest BCUT2D eigenvalue weighted by Gasteiger charge is -2.24. The van der Waals surface area contributed by atoms with Gasteiger partial charge in [0.05, 0.1) is 17.3 Å². The van der Waals surface area contributed by atoms with Gasteiger partial charge < -0.3 is 21.3 Å². The largest absolute Gasteiger partial charge is 0.367 e. The number of hydrogen-bond donors (Lipinski definition) is 4. The number of aromatic nitrogens is 4. The van der Waals surface area contributed by atoms with Crippen LogP contribution in [0.2, 0.25) is 0 Å². The molecule has 1 saturated carbocycles. The van der Waals surface area contributed by atoms with E-state index in [1.165, 1.54) is 19.3 Å².